The number of ether oxygens (including phenoxy) is 1. The van der Waals surface area contributed by atoms with Gasteiger partial charge in [0.2, 0.25) is 5.91 Å². The molecule has 3 heterocycles. The number of hydrogen-bond acceptors (Lipinski definition) is 7. The van der Waals surface area contributed by atoms with Gasteiger partial charge in [0.25, 0.3) is 0 Å². The zero-order valence-electron chi connectivity index (χ0n) is 14.0. The summed E-state index contributed by atoms with van der Waals surface area (Å²) in [6, 6.07) is -0.773. The Morgan fingerprint density at radius 3 is 2.88 bits per heavy atom. The van der Waals surface area contributed by atoms with Crippen molar-refractivity contribution in [1.29, 1.82) is 0 Å². The van der Waals surface area contributed by atoms with Crippen LogP contribution in [0.25, 0.3) is 11.2 Å². The molecule has 3 rings (SSSR count). The molecular formula is C15H23N7O2. The maximum atomic E-state index is 12.3. The molecule has 1 aliphatic rings. The lowest BCUT2D eigenvalue weighted by atomic mass is 10.0. The fourth-order valence-corrected chi connectivity index (χ4v) is 2.89. The minimum absolute atomic E-state index is 0.00721. The van der Waals surface area contributed by atoms with Gasteiger partial charge < -0.3 is 21.5 Å². The number of nitrogens with zero attached hydrogens (tertiary/aromatic N) is 4. The number of hydrogen-bond donors (Lipinski definition) is 3. The largest absolute Gasteiger partial charge is 0.382 e. The standard InChI is InChI=1S/C15H23N7O2/c1-7(2)10(16)14(23)21-9-4-8(3)24-15(9)22-6-20-11-12(17)18-5-19-13(11)22/h5-10,15H,4,16H2,1-3H3,(H,21,23)(H2,17,18,19)/t8-,9+,10?,15-/m1/s1. The number of carbonyl (C=O) groups excluding carboxylic acids is 1. The molecule has 1 unspecified atom stereocenters. The molecule has 0 aromatic carbocycles. The van der Waals surface area contributed by atoms with Gasteiger partial charge in [0.05, 0.1) is 24.5 Å². The van der Waals surface area contributed by atoms with E-state index >= 15 is 0 Å². The summed E-state index contributed by atoms with van der Waals surface area (Å²) in [4.78, 5) is 24.8. The topological polar surface area (TPSA) is 134 Å². The lowest BCUT2D eigenvalue weighted by molar-refractivity contribution is -0.124. The maximum Gasteiger partial charge on any atom is 0.237 e. The molecule has 0 aliphatic carbocycles. The van der Waals surface area contributed by atoms with Crippen LogP contribution < -0.4 is 16.8 Å². The van der Waals surface area contributed by atoms with Crippen LogP contribution in [0.15, 0.2) is 12.7 Å². The second-order valence-electron chi connectivity index (χ2n) is 6.54. The Balaban J connectivity index is 1.87. The van der Waals surface area contributed by atoms with E-state index in [-0.39, 0.29) is 24.0 Å². The van der Waals surface area contributed by atoms with Crippen molar-refractivity contribution in [1.82, 2.24) is 24.8 Å². The van der Waals surface area contributed by atoms with E-state index in [9.17, 15) is 4.79 Å². The van der Waals surface area contributed by atoms with Gasteiger partial charge in [0.1, 0.15) is 11.8 Å². The number of rotatable bonds is 4. The van der Waals surface area contributed by atoms with E-state index in [1.165, 1.54) is 6.33 Å². The summed E-state index contributed by atoms with van der Waals surface area (Å²) < 4.78 is 7.75. The molecule has 5 N–H and O–H groups in total. The van der Waals surface area contributed by atoms with Gasteiger partial charge in [-0.25, -0.2) is 15.0 Å². The number of nitrogen functional groups attached to an aromatic ring is 1. The zero-order chi connectivity index (χ0) is 17.4. The number of imidazole rings is 1. The fourth-order valence-electron chi connectivity index (χ4n) is 2.89. The number of nitrogens with two attached hydrogens (primary N) is 2. The average Bonchev–Trinajstić information content (AvgIpc) is 3.10. The summed E-state index contributed by atoms with van der Waals surface area (Å²) in [6.07, 6.45) is 3.26. The molecule has 24 heavy (non-hydrogen) atoms. The first-order valence-electron chi connectivity index (χ1n) is 8.03. The van der Waals surface area contributed by atoms with Gasteiger partial charge in [-0.2, -0.15) is 0 Å². The van der Waals surface area contributed by atoms with Gasteiger partial charge in [0.15, 0.2) is 17.7 Å². The van der Waals surface area contributed by atoms with Gasteiger partial charge in [-0.05, 0) is 19.3 Å². The Kier molecular flexibility index (Phi) is 4.37. The van der Waals surface area contributed by atoms with Crippen LogP contribution in [-0.2, 0) is 9.53 Å². The van der Waals surface area contributed by atoms with Crippen molar-refractivity contribution >= 4 is 22.9 Å². The van der Waals surface area contributed by atoms with Crippen molar-refractivity contribution in [3.05, 3.63) is 12.7 Å². The highest BCUT2D eigenvalue weighted by molar-refractivity contribution is 5.82. The van der Waals surface area contributed by atoms with Crippen molar-refractivity contribution in [3.63, 3.8) is 0 Å². The van der Waals surface area contributed by atoms with Crippen molar-refractivity contribution < 1.29 is 9.53 Å². The third-order valence-electron chi connectivity index (χ3n) is 4.31. The third kappa shape index (κ3) is 2.92. The highest BCUT2D eigenvalue weighted by Crippen LogP contribution is 2.31. The summed E-state index contributed by atoms with van der Waals surface area (Å²) in [5.41, 5.74) is 12.9. The van der Waals surface area contributed by atoms with Gasteiger partial charge in [0, 0.05) is 0 Å². The van der Waals surface area contributed by atoms with Gasteiger partial charge in [-0.3, -0.25) is 9.36 Å². The molecule has 2 aromatic rings. The number of aromatic nitrogens is 4. The Labute approximate surface area is 139 Å². The van der Waals surface area contributed by atoms with E-state index in [0.29, 0.717) is 23.4 Å². The summed E-state index contributed by atoms with van der Waals surface area (Å²) >= 11 is 0. The summed E-state index contributed by atoms with van der Waals surface area (Å²) in [5, 5.41) is 3.00. The number of anilines is 1. The average molecular weight is 333 g/mol. The third-order valence-corrected chi connectivity index (χ3v) is 4.31. The van der Waals surface area contributed by atoms with Crippen LogP contribution in [-0.4, -0.2) is 43.6 Å². The minimum atomic E-state index is -0.556. The Bertz CT molecular complexity index is 744. The predicted octanol–water partition coefficient (Wildman–Crippen LogP) is 0.184. The zero-order valence-corrected chi connectivity index (χ0v) is 14.0. The summed E-state index contributed by atoms with van der Waals surface area (Å²) in [6.45, 7) is 5.79. The Morgan fingerprint density at radius 1 is 1.42 bits per heavy atom. The Morgan fingerprint density at radius 2 is 2.17 bits per heavy atom. The number of fused-ring (bicyclic) bond motifs is 1. The molecule has 0 radical (unpaired) electrons. The smallest absolute Gasteiger partial charge is 0.237 e. The van der Waals surface area contributed by atoms with Gasteiger partial charge in [-0.15, -0.1) is 0 Å². The molecule has 1 aliphatic heterocycles. The van der Waals surface area contributed by atoms with Crippen LogP contribution >= 0.6 is 0 Å². The molecule has 2 aromatic heterocycles. The molecule has 1 saturated heterocycles. The normalized spacial score (nSPS) is 25.3. The van der Waals surface area contributed by atoms with Crippen LogP contribution in [0.4, 0.5) is 5.82 Å². The monoisotopic (exact) mass is 333 g/mol. The Hall–Kier alpha value is -2.26. The van der Waals surface area contributed by atoms with Crippen LogP contribution in [0, 0.1) is 5.92 Å². The van der Waals surface area contributed by atoms with E-state index in [4.69, 9.17) is 16.2 Å². The van der Waals surface area contributed by atoms with Gasteiger partial charge in [-0.1, -0.05) is 13.8 Å². The van der Waals surface area contributed by atoms with E-state index < -0.39 is 12.3 Å². The quantitative estimate of drug-likeness (QED) is 0.726. The first-order valence-corrected chi connectivity index (χ1v) is 8.03. The van der Waals surface area contributed by atoms with E-state index in [1.54, 1.807) is 10.9 Å². The van der Waals surface area contributed by atoms with Crippen LogP contribution in [0.5, 0.6) is 0 Å². The van der Waals surface area contributed by atoms with E-state index in [1.807, 2.05) is 20.8 Å². The molecule has 0 saturated carbocycles. The molecule has 0 spiro atoms. The predicted molar refractivity (Wildman–Crippen MR) is 88.7 cm³/mol. The van der Waals surface area contributed by atoms with Crippen LogP contribution in [0.1, 0.15) is 33.4 Å². The molecular weight excluding hydrogens is 310 g/mol. The minimum Gasteiger partial charge on any atom is -0.382 e. The molecule has 1 fully saturated rings. The number of amides is 1. The number of carbonyl (C=O) groups is 1. The van der Waals surface area contributed by atoms with Crippen LogP contribution in [0.3, 0.4) is 0 Å². The highest BCUT2D eigenvalue weighted by Gasteiger charge is 2.37. The van der Waals surface area contributed by atoms with Gasteiger partial charge >= 0.3 is 0 Å². The molecule has 4 atom stereocenters. The van der Waals surface area contributed by atoms with Crippen LogP contribution in [0.2, 0.25) is 0 Å². The lowest BCUT2D eigenvalue weighted by Crippen LogP contribution is -2.49. The number of nitrogens with one attached hydrogen (secondary N) is 1. The lowest BCUT2D eigenvalue weighted by Gasteiger charge is -2.24. The molecule has 0 bridgehead atoms. The SMILES string of the molecule is CC(C)C(N)C(=O)N[C@H]1C[C@@H](C)O[C@H]1n1cnc2c(N)ncnc21. The van der Waals surface area contributed by atoms with Crippen molar-refractivity contribution in [2.45, 2.75) is 51.6 Å². The van der Waals surface area contributed by atoms with E-state index in [2.05, 4.69) is 20.3 Å². The van der Waals surface area contributed by atoms with Crippen molar-refractivity contribution in [3.8, 4) is 0 Å². The second-order valence-corrected chi connectivity index (χ2v) is 6.54. The molecule has 9 heteroatoms. The maximum absolute atomic E-state index is 12.3. The first kappa shape index (κ1) is 16.6. The fraction of sp³-hybridized carbons (Fsp3) is 0.600. The molecule has 130 valence electrons. The van der Waals surface area contributed by atoms with E-state index in [0.717, 1.165) is 0 Å². The first-order chi connectivity index (χ1) is 11.4. The molecule has 9 nitrogen and oxygen atoms in total. The summed E-state index contributed by atoms with van der Waals surface area (Å²) in [5.74, 6) is 0.188. The molecule has 1 amide bonds. The second kappa shape index (κ2) is 6.33. The van der Waals surface area contributed by atoms with Crippen molar-refractivity contribution in [2.24, 2.45) is 11.7 Å². The summed E-state index contributed by atoms with van der Waals surface area (Å²) in [7, 11) is 0. The van der Waals surface area contributed by atoms with Crippen molar-refractivity contribution in [2.75, 3.05) is 5.73 Å². The highest BCUT2D eigenvalue weighted by atomic mass is 16.5.